The summed E-state index contributed by atoms with van der Waals surface area (Å²) in [5.41, 5.74) is 7.62. The third kappa shape index (κ3) is 2.77. The summed E-state index contributed by atoms with van der Waals surface area (Å²) in [5, 5.41) is 14.2. The second kappa shape index (κ2) is 6.39. The Bertz CT molecular complexity index is 1150. The SMILES string of the molecule is Cc1cccc(-n2nc(-c3cnn(C)c3C)c(Cl)c2-c2cnn(C)c2C)c1. The zero-order valence-electron chi connectivity index (χ0n) is 16.0. The molecule has 6 nitrogen and oxygen atoms in total. The molecule has 4 aromatic rings. The summed E-state index contributed by atoms with van der Waals surface area (Å²) < 4.78 is 5.57. The number of nitrogens with zero attached hydrogens (tertiary/aromatic N) is 6. The van der Waals surface area contributed by atoms with Crippen molar-refractivity contribution in [1.82, 2.24) is 29.3 Å². The maximum atomic E-state index is 6.89. The predicted octanol–water partition coefficient (Wildman–Crippen LogP) is 4.25. The maximum absolute atomic E-state index is 6.89. The molecule has 0 fully saturated rings. The lowest BCUT2D eigenvalue weighted by molar-refractivity contribution is 0.740. The lowest BCUT2D eigenvalue weighted by Crippen LogP contribution is -2.01. The van der Waals surface area contributed by atoms with E-state index < -0.39 is 0 Å². The van der Waals surface area contributed by atoms with Crippen LogP contribution >= 0.6 is 11.6 Å². The molecule has 0 radical (unpaired) electrons. The molecule has 0 aliphatic rings. The van der Waals surface area contributed by atoms with Crippen LogP contribution in [0.15, 0.2) is 36.7 Å². The van der Waals surface area contributed by atoms with E-state index in [1.54, 1.807) is 0 Å². The van der Waals surface area contributed by atoms with Crippen molar-refractivity contribution in [1.29, 1.82) is 0 Å². The van der Waals surface area contributed by atoms with Crippen molar-refractivity contribution in [2.75, 3.05) is 0 Å². The predicted molar refractivity (Wildman–Crippen MR) is 107 cm³/mol. The third-order valence-corrected chi connectivity index (χ3v) is 5.41. The average Bonchev–Trinajstić information content (AvgIpc) is 3.26. The van der Waals surface area contributed by atoms with Crippen LogP contribution in [0.25, 0.3) is 28.2 Å². The van der Waals surface area contributed by atoms with Gasteiger partial charge in [0.25, 0.3) is 0 Å². The van der Waals surface area contributed by atoms with Gasteiger partial charge in [-0.15, -0.1) is 0 Å². The highest BCUT2D eigenvalue weighted by molar-refractivity contribution is 6.35. The Morgan fingerprint density at radius 2 is 1.52 bits per heavy atom. The highest BCUT2D eigenvalue weighted by Gasteiger charge is 2.24. The van der Waals surface area contributed by atoms with Crippen LogP contribution in [-0.4, -0.2) is 29.3 Å². The van der Waals surface area contributed by atoms with Gasteiger partial charge in [0, 0.05) is 36.6 Å². The van der Waals surface area contributed by atoms with Gasteiger partial charge in [0.2, 0.25) is 0 Å². The minimum absolute atomic E-state index is 0.601. The zero-order valence-corrected chi connectivity index (χ0v) is 16.8. The van der Waals surface area contributed by atoms with Crippen LogP contribution in [0.5, 0.6) is 0 Å². The van der Waals surface area contributed by atoms with E-state index in [-0.39, 0.29) is 0 Å². The van der Waals surface area contributed by atoms with Crippen LogP contribution in [0.4, 0.5) is 0 Å². The summed E-state index contributed by atoms with van der Waals surface area (Å²) in [7, 11) is 3.84. The molecule has 0 saturated heterocycles. The number of benzene rings is 1. The molecule has 0 aliphatic carbocycles. The summed E-state index contributed by atoms with van der Waals surface area (Å²) in [6, 6.07) is 8.22. The molecule has 27 heavy (non-hydrogen) atoms. The first-order valence-corrected chi connectivity index (χ1v) is 9.09. The molecule has 0 amide bonds. The van der Waals surface area contributed by atoms with Crippen molar-refractivity contribution in [3.8, 4) is 28.2 Å². The van der Waals surface area contributed by atoms with E-state index in [0.717, 1.165) is 45.2 Å². The molecule has 1 aromatic carbocycles. The molecule has 0 atom stereocenters. The monoisotopic (exact) mass is 380 g/mol. The number of hydrogen-bond donors (Lipinski definition) is 0. The molecule has 138 valence electrons. The van der Waals surface area contributed by atoms with Crippen LogP contribution in [-0.2, 0) is 14.1 Å². The van der Waals surface area contributed by atoms with E-state index >= 15 is 0 Å². The van der Waals surface area contributed by atoms with Crippen molar-refractivity contribution in [3.63, 3.8) is 0 Å². The summed E-state index contributed by atoms with van der Waals surface area (Å²) in [5.74, 6) is 0. The molecule has 0 N–H and O–H groups in total. The Morgan fingerprint density at radius 3 is 2.07 bits per heavy atom. The van der Waals surface area contributed by atoms with Gasteiger partial charge in [-0.05, 0) is 38.5 Å². The molecule has 0 aliphatic heterocycles. The fourth-order valence-corrected chi connectivity index (χ4v) is 3.53. The lowest BCUT2D eigenvalue weighted by atomic mass is 10.1. The average molecular weight is 381 g/mol. The Kier molecular flexibility index (Phi) is 4.15. The van der Waals surface area contributed by atoms with Crippen LogP contribution < -0.4 is 0 Å². The van der Waals surface area contributed by atoms with Crippen molar-refractivity contribution in [3.05, 3.63) is 58.6 Å². The topological polar surface area (TPSA) is 53.5 Å². The van der Waals surface area contributed by atoms with E-state index in [0.29, 0.717) is 5.02 Å². The molecule has 0 saturated carbocycles. The minimum Gasteiger partial charge on any atom is -0.272 e. The van der Waals surface area contributed by atoms with Crippen molar-refractivity contribution in [2.45, 2.75) is 20.8 Å². The molecule has 3 heterocycles. The summed E-state index contributed by atoms with van der Waals surface area (Å²) in [6.07, 6.45) is 3.65. The Balaban J connectivity index is 2.04. The second-order valence-corrected chi connectivity index (χ2v) is 7.17. The van der Waals surface area contributed by atoms with Gasteiger partial charge >= 0.3 is 0 Å². The zero-order chi connectivity index (χ0) is 19.3. The van der Waals surface area contributed by atoms with E-state index in [4.69, 9.17) is 16.7 Å². The highest BCUT2D eigenvalue weighted by Crippen LogP contribution is 2.39. The van der Waals surface area contributed by atoms with Crippen molar-refractivity contribution >= 4 is 11.6 Å². The number of halogens is 1. The van der Waals surface area contributed by atoms with Crippen molar-refractivity contribution in [2.24, 2.45) is 14.1 Å². The number of rotatable bonds is 3. The number of aromatic nitrogens is 6. The smallest absolute Gasteiger partial charge is 0.115 e. The van der Waals surface area contributed by atoms with Gasteiger partial charge in [0.1, 0.15) is 5.69 Å². The van der Waals surface area contributed by atoms with Gasteiger partial charge < -0.3 is 0 Å². The minimum atomic E-state index is 0.601. The van der Waals surface area contributed by atoms with Crippen LogP contribution in [0.1, 0.15) is 17.0 Å². The Morgan fingerprint density at radius 1 is 0.889 bits per heavy atom. The van der Waals surface area contributed by atoms with Gasteiger partial charge in [-0.3, -0.25) is 9.36 Å². The first-order chi connectivity index (χ1) is 12.9. The van der Waals surface area contributed by atoms with E-state index in [1.807, 2.05) is 66.5 Å². The van der Waals surface area contributed by atoms with Crippen LogP contribution in [0.3, 0.4) is 0 Å². The van der Waals surface area contributed by atoms with Gasteiger partial charge in [0.05, 0.1) is 28.8 Å². The van der Waals surface area contributed by atoms with Gasteiger partial charge in [-0.25, -0.2) is 4.68 Å². The first-order valence-electron chi connectivity index (χ1n) is 8.72. The standard InChI is InChI=1S/C20H21ClN6/c1-12-7-6-8-15(9-12)27-20(17-11-23-26(5)14(17)3)18(21)19(24-27)16-10-22-25(4)13(16)2/h6-11H,1-5H3. The lowest BCUT2D eigenvalue weighted by Gasteiger charge is -2.08. The summed E-state index contributed by atoms with van der Waals surface area (Å²) in [6.45, 7) is 6.11. The summed E-state index contributed by atoms with van der Waals surface area (Å²) >= 11 is 6.89. The largest absolute Gasteiger partial charge is 0.272 e. The fourth-order valence-electron chi connectivity index (χ4n) is 3.21. The van der Waals surface area contributed by atoms with E-state index in [9.17, 15) is 0 Å². The maximum Gasteiger partial charge on any atom is 0.115 e. The van der Waals surface area contributed by atoms with Crippen LogP contribution in [0.2, 0.25) is 5.02 Å². The Hall–Kier alpha value is -2.86. The number of hydrogen-bond acceptors (Lipinski definition) is 3. The Labute approximate surface area is 163 Å². The molecule has 0 spiro atoms. The second-order valence-electron chi connectivity index (χ2n) is 6.80. The molecule has 0 unspecified atom stereocenters. The normalized spacial score (nSPS) is 11.3. The molecular weight excluding hydrogens is 360 g/mol. The molecule has 3 aromatic heterocycles. The van der Waals surface area contributed by atoms with Gasteiger partial charge in [0.15, 0.2) is 0 Å². The van der Waals surface area contributed by atoms with Gasteiger partial charge in [-0.2, -0.15) is 15.3 Å². The molecule has 4 rings (SSSR count). The quantitative estimate of drug-likeness (QED) is 0.533. The third-order valence-electron chi connectivity index (χ3n) is 5.05. The molecule has 0 bridgehead atoms. The van der Waals surface area contributed by atoms with E-state index in [2.05, 4.69) is 29.3 Å². The highest BCUT2D eigenvalue weighted by atomic mass is 35.5. The summed E-state index contributed by atoms with van der Waals surface area (Å²) in [4.78, 5) is 0. The van der Waals surface area contributed by atoms with Crippen molar-refractivity contribution < 1.29 is 0 Å². The fraction of sp³-hybridized carbons (Fsp3) is 0.250. The van der Waals surface area contributed by atoms with Gasteiger partial charge in [-0.1, -0.05) is 23.7 Å². The van der Waals surface area contributed by atoms with E-state index in [1.165, 1.54) is 0 Å². The molecule has 7 heteroatoms. The van der Waals surface area contributed by atoms with Crippen LogP contribution in [0, 0.1) is 20.8 Å². The number of aryl methyl sites for hydroxylation is 3. The molecular formula is C20H21ClN6. The first kappa shape index (κ1) is 17.5.